The van der Waals surface area contributed by atoms with Crippen molar-refractivity contribution in [1.29, 1.82) is 0 Å². The number of aromatic nitrogens is 1. The van der Waals surface area contributed by atoms with Crippen LogP contribution in [0.4, 0.5) is 5.69 Å². The number of rotatable bonds is 5. The number of hydrogen-bond donors (Lipinski definition) is 0. The van der Waals surface area contributed by atoms with Crippen molar-refractivity contribution in [3.8, 4) is 0 Å². The van der Waals surface area contributed by atoms with Gasteiger partial charge >= 0.3 is 0 Å². The van der Waals surface area contributed by atoms with Crippen molar-refractivity contribution in [2.45, 2.75) is 45.7 Å². The Hall–Kier alpha value is -2.36. The molecule has 0 spiro atoms. The first-order valence-electron chi connectivity index (χ1n) is 9.21. The Balaban J connectivity index is 1.73. The lowest BCUT2D eigenvalue weighted by Gasteiger charge is -2.29. The fourth-order valence-electron chi connectivity index (χ4n) is 3.27. The molecule has 132 valence electrons. The van der Waals surface area contributed by atoms with Gasteiger partial charge in [0.25, 0.3) is 5.91 Å². The first-order chi connectivity index (χ1) is 12.1. The van der Waals surface area contributed by atoms with Crippen LogP contribution in [0.5, 0.6) is 0 Å². The fourth-order valence-corrected chi connectivity index (χ4v) is 3.27. The molecular formula is C21H27N3O. The van der Waals surface area contributed by atoms with Crippen molar-refractivity contribution in [1.82, 2.24) is 9.88 Å². The number of piperidine rings is 1. The van der Waals surface area contributed by atoms with E-state index in [2.05, 4.69) is 22.0 Å². The van der Waals surface area contributed by atoms with E-state index in [0.29, 0.717) is 12.2 Å². The molecule has 1 saturated heterocycles. The number of amides is 1. The molecule has 1 amide bonds. The minimum absolute atomic E-state index is 0.0101. The third-order valence-electron chi connectivity index (χ3n) is 4.77. The molecule has 2 aromatic rings. The van der Waals surface area contributed by atoms with E-state index in [9.17, 15) is 4.79 Å². The highest BCUT2D eigenvalue weighted by molar-refractivity contribution is 5.92. The van der Waals surface area contributed by atoms with E-state index < -0.39 is 0 Å². The van der Waals surface area contributed by atoms with Crippen LogP contribution < -0.4 is 4.90 Å². The van der Waals surface area contributed by atoms with Gasteiger partial charge in [-0.2, -0.15) is 0 Å². The third-order valence-corrected chi connectivity index (χ3v) is 4.77. The normalized spacial score (nSPS) is 14.6. The largest absolute Gasteiger partial charge is 0.370 e. The maximum atomic E-state index is 12.9. The molecule has 0 unspecified atom stereocenters. The summed E-state index contributed by atoms with van der Waals surface area (Å²) in [5, 5.41) is 0. The maximum Gasteiger partial charge on any atom is 0.272 e. The topological polar surface area (TPSA) is 36.4 Å². The van der Waals surface area contributed by atoms with Crippen molar-refractivity contribution in [3.63, 3.8) is 0 Å². The predicted octanol–water partition coefficient (Wildman–Crippen LogP) is 4.12. The van der Waals surface area contributed by atoms with Crippen molar-refractivity contribution in [2.24, 2.45) is 0 Å². The number of hydrogen-bond acceptors (Lipinski definition) is 3. The molecule has 0 saturated carbocycles. The standard InChI is InChI=1S/C21H27N3O/c1-17(2)24(16-18-9-5-3-6-10-18)21(25)20-12-11-19(15-22-20)23-13-7-4-8-14-23/h3,5-6,9-12,15,17H,4,7-8,13-14,16H2,1-2H3. The van der Waals surface area contributed by atoms with Gasteiger partial charge in [-0.1, -0.05) is 30.3 Å². The van der Waals surface area contributed by atoms with Gasteiger partial charge in [-0.05, 0) is 50.8 Å². The highest BCUT2D eigenvalue weighted by Crippen LogP contribution is 2.20. The van der Waals surface area contributed by atoms with Gasteiger partial charge in [0, 0.05) is 25.7 Å². The predicted molar refractivity (Wildman–Crippen MR) is 102 cm³/mol. The van der Waals surface area contributed by atoms with Crippen molar-refractivity contribution < 1.29 is 4.79 Å². The van der Waals surface area contributed by atoms with E-state index in [1.807, 2.05) is 55.3 Å². The lowest BCUT2D eigenvalue weighted by molar-refractivity contribution is 0.0684. The molecule has 0 N–H and O–H groups in total. The van der Waals surface area contributed by atoms with Crippen molar-refractivity contribution in [3.05, 3.63) is 59.9 Å². The molecular weight excluding hydrogens is 310 g/mol. The molecule has 0 aliphatic carbocycles. The zero-order valence-electron chi connectivity index (χ0n) is 15.2. The Bertz CT molecular complexity index is 676. The van der Waals surface area contributed by atoms with Crippen LogP contribution in [0.1, 0.15) is 49.2 Å². The maximum absolute atomic E-state index is 12.9. The average molecular weight is 337 g/mol. The molecule has 4 heteroatoms. The third kappa shape index (κ3) is 4.38. The average Bonchev–Trinajstić information content (AvgIpc) is 2.67. The molecule has 0 bridgehead atoms. The number of nitrogens with zero attached hydrogens (tertiary/aromatic N) is 3. The lowest BCUT2D eigenvalue weighted by atomic mass is 10.1. The first kappa shape index (κ1) is 17.5. The Labute approximate surface area is 150 Å². The van der Waals surface area contributed by atoms with Crippen molar-refractivity contribution in [2.75, 3.05) is 18.0 Å². The first-order valence-corrected chi connectivity index (χ1v) is 9.21. The summed E-state index contributed by atoms with van der Waals surface area (Å²) in [7, 11) is 0. The van der Waals surface area contributed by atoms with Gasteiger partial charge in [-0.15, -0.1) is 0 Å². The monoisotopic (exact) mass is 337 g/mol. The molecule has 1 aromatic heterocycles. The highest BCUT2D eigenvalue weighted by atomic mass is 16.2. The Kier molecular flexibility index (Phi) is 5.69. The molecule has 3 rings (SSSR count). The van der Waals surface area contributed by atoms with Crippen LogP contribution >= 0.6 is 0 Å². The molecule has 25 heavy (non-hydrogen) atoms. The Morgan fingerprint density at radius 1 is 1.08 bits per heavy atom. The van der Waals surface area contributed by atoms with Crippen LogP contribution in [0.25, 0.3) is 0 Å². The minimum Gasteiger partial charge on any atom is -0.370 e. The van der Waals surface area contributed by atoms with E-state index in [1.165, 1.54) is 19.3 Å². The van der Waals surface area contributed by atoms with Crippen LogP contribution in [0, 0.1) is 0 Å². The summed E-state index contributed by atoms with van der Waals surface area (Å²) in [6, 6.07) is 14.1. The van der Waals surface area contributed by atoms with Crippen LogP contribution in [0.2, 0.25) is 0 Å². The number of carbonyl (C=O) groups is 1. The quantitative estimate of drug-likeness (QED) is 0.823. The minimum atomic E-state index is -0.0101. The molecule has 1 aliphatic heterocycles. The number of anilines is 1. The second-order valence-electron chi connectivity index (χ2n) is 6.96. The van der Waals surface area contributed by atoms with Crippen LogP contribution in [0.3, 0.4) is 0 Å². The van der Waals surface area contributed by atoms with Crippen LogP contribution in [0.15, 0.2) is 48.7 Å². The van der Waals surface area contributed by atoms with Gasteiger partial charge in [0.05, 0.1) is 11.9 Å². The highest BCUT2D eigenvalue weighted by Gasteiger charge is 2.21. The molecule has 2 heterocycles. The molecule has 1 aliphatic rings. The number of pyridine rings is 1. The molecule has 0 radical (unpaired) electrons. The van der Waals surface area contributed by atoms with Gasteiger partial charge < -0.3 is 9.80 Å². The van der Waals surface area contributed by atoms with E-state index in [-0.39, 0.29) is 11.9 Å². The Morgan fingerprint density at radius 3 is 2.40 bits per heavy atom. The summed E-state index contributed by atoms with van der Waals surface area (Å²) in [5.41, 5.74) is 2.77. The van der Waals surface area contributed by atoms with Gasteiger partial charge in [-0.3, -0.25) is 4.79 Å². The molecule has 0 atom stereocenters. The summed E-state index contributed by atoms with van der Waals surface area (Å²) in [4.78, 5) is 21.6. The van der Waals surface area contributed by atoms with E-state index in [4.69, 9.17) is 0 Å². The van der Waals surface area contributed by atoms with E-state index in [1.54, 1.807) is 0 Å². The summed E-state index contributed by atoms with van der Waals surface area (Å²) in [5.74, 6) is -0.0101. The molecule has 4 nitrogen and oxygen atoms in total. The SMILES string of the molecule is CC(C)N(Cc1ccccc1)C(=O)c1ccc(N2CCCCC2)cn1. The van der Waals surface area contributed by atoms with Gasteiger partial charge in [0.1, 0.15) is 5.69 Å². The van der Waals surface area contributed by atoms with E-state index >= 15 is 0 Å². The van der Waals surface area contributed by atoms with Gasteiger partial charge in [0.15, 0.2) is 0 Å². The fraction of sp³-hybridized carbons (Fsp3) is 0.429. The van der Waals surface area contributed by atoms with E-state index in [0.717, 1.165) is 24.3 Å². The summed E-state index contributed by atoms with van der Waals surface area (Å²) >= 11 is 0. The van der Waals surface area contributed by atoms with Gasteiger partial charge in [-0.25, -0.2) is 4.98 Å². The summed E-state index contributed by atoms with van der Waals surface area (Å²) in [6.07, 6.45) is 5.63. The number of carbonyl (C=O) groups excluding carboxylic acids is 1. The Morgan fingerprint density at radius 2 is 1.80 bits per heavy atom. The summed E-state index contributed by atoms with van der Waals surface area (Å²) < 4.78 is 0. The smallest absolute Gasteiger partial charge is 0.272 e. The zero-order valence-corrected chi connectivity index (χ0v) is 15.2. The second-order valence-corrected chi connectivity index (χ2v) is 6.96. The van der Waals surface area contributed by atoms with Crippen LogP contribution in [-0.4, -0.2) is 34.9 Å². The second kappa shape index (κ2) is 8.15. The van der Waals surface area contributed by atoms with Gasteiger partial charge in [0.2, 0.25) is 0 Å². The van der Waals surface area contributed by atoms with Crippen LogP contribution in [-0.2, 0) is 6.54 Å². The number of benzene rings is 1. The lowest BCUT2D eigenvalue weighted by Crippen LogP contribution is -2.37. The summed E-state index contributed by atoms with van der Waals surface area (Å²) in [6.45, 7) is 6.86. The zero-order chi connectivity index (χ0) is 17.6. The molecule has 1 fully saturated rings. The van der Waals surface area contributed by atoms with Crippen molar-refractivity contribution >= 4 is 11.6 Å². The molecule has 1 aromatic carbocycles.